The van der Waals surface area contributed by atoms with Crippen LogP contribution in [0.1, 0.15) is 40.9 Å². The number of rotatable bonds is 9. The van der Waals surface area contributed by atoms with Crippen LogP contribution >= 0.6 is 11.3 Å². The maximum absolute atomic E-state index is 12.6. The fourth-order valence-electron chi connectivity index (χ4n) is 3.96. The number of aromatic nitrogens is 1. The number of hydrogen-bond acceptors (Lipinski definition) is 7. The Morgan fingerprint density at radius 3 is 2.56 bits per heavy atom. The number of nitriles is 1. The number of nitrogens with one attached hydrogen (secondary N) is 2. The molecule has 0 unspecified atom stereocenters. The van der Waals surface area contributed by atoms with Crippen molar-refractivity contribution in [1.82, 2.24) is 10.3 Å². The van der Waals surface area contributed by atoms with Crippen molar-refractivity contribution in [2.45, 2.75) is 25.9 Å². The Balaban J connectivity index is 1.40. The van der Waals surface area contributed by atoms with E-state index < -0.39 is 0 Å². The molecule has 3 aromatic carbocycles. The van der Waals surface area contributed by atoms with Crippen LogP contribution < -0.4 is 16.4 Å². The number of amides is 2. The summed E-state index contributed by atoms with van der Waals surface area (Å²) in [6.45, 7) is 4.11. The zero-order chi connectivity index (χ0) is 28.0. The monoisotopic (exact) mass is 539 g/mol. The lowest BCUT2D eigenvalue weighted by Crippen LogP contribution is -2.33. The molecule has 0 aliphatic rings. The Kier molecular flexibility index (Phi) is 8.52. The lowest BCUT2D eigenvalue weighted by molar-refractivity contribution is -0.115. The van der Waals surface area contributed by atoms with Crippen LogP contribution in [0.3, 0.4) is 0 Å². The highest BCUT2D eigenvalue weighted by Gasteiger charge is 2.20. The van der Waals surface area contributed by atoms with Gasteiger partial charge in [-0.05, 0) is 58.7 Å². The molecule has 9 heteroatoms. The molecule has 0 saturated heterocycles. The van der Waals surface area contributed by atoms with Crippen LogP contribution in [0.25, 0.3) is 22.4 Å². The number of hydrogen-bond donors (Lipinski definition) is 4. The van der Waals surface area contributed by atoms with Crippen LogP contribution in [-0.4, -0.2) is 35.0 Å². The van der Waals surface area contributed by atoms with E-state index in [1.165, 1.54) is 11.3 Å². The predicted molar refractivity (Wildman–Crippen MR) is 153 cm³/mol. The normalized spacial score (nSPS) is 11.1. The summed E-state index contributed by atoms with van der Waals surface area (Å²) in [5.74, 6) is -0.734. The number of nitrogens with two attached hydrogens (primary N) is 1. The molecule has 2 amide bonds. The number of nitrogens with zero attached hydrogens (tertiary/aromatic N) is 2. The van der Waals surface area contributed by atoms with E-state index in [1.54, 1.807) is 30.3 Å². The molecule has 0 spiro atoms. The van der Waals surface area contributed by atoms with Gasteiger partial charge in [0.25, 0.3) is 5.91 Å². The molecule has 39 heavy (non-hydrogen) atoms. The van der Waals surface area contributed by atoms with Crippen molar-refractivity contribution < 1.29 is 14.7 Å². The minimum atomic E-state index is -0.388. The van der Waals surface area contributed by atoms with Crippen LogP contribution in [0.2, 0.25) is 0 Å². The average molecular weight is 540 g/mol. The Morgan fingerprint density at radius 1 is 1.05 bits per heavy atom. The van der Waals surface area contributed by atoms with Crippen molar-refractivity contribution >= 4 is 28.3 Å². The SMILES string of the molecule is CC(C)(CN)c1cccc(C(=O)NCC(=O)Nc2nc(-c3cccc(-c4cc(C#N)cc(CO)c4)c3)cs2)c1. The first-order chi connectivity index (χ1) is 18.7. The van der Waals surface area contributed by atoms with Crippen molar-refractivity contribution in [3.63, 3.8) is 0 Å². The van der Waals surface area contributed by atoms with Gasteiger partial charge in [-0.2, -0.15) is 5.26 Å². The maximum Gasteiger partial charge on any atom is 0.251 e. The van der Waals surface area contributed by atoms with Gasteiger partial charge in [0.05, 0.1) is 30.5 Å². The molecular weight excluding hydrogens is 510 g/mol. The van der Waals surface area contributed by atoms with Crippen molar-refractivity contribution in [3.8, 4) is 28.5 Å². The molecule has 0 aliphatic carbocycles. The number of aliphatic hydroxyl groups is 1. The molecular formula is C30H29N5O3S. The minimum Gasteiger partial charge on any atom is -0.392 e. The number of anilines is 1. The van der Waals surface area contributed by atoms with Gasteiger partial charge < -0.3 is 21.5 Å². The number of aliphatic hydroxyl groups excluding tert-OH is 1. The van der Waals surface area contributed by atoms with Gasteiger partial charge >= 0.3 is 0 Å². The van der Waals surface area contributed by atoms with E-state index in [0.29, 0.717) is 34.1 Å². The lowest BCUT2D eigenvalue weighted by Gasteiger charge is -2.23. The summed E-state index contributed by atoms with van der Waals surface area (Å²) in [7, 11) is 0. The number of carbonyl (C=O) groups is 2. The van der Waals surface area contributed by atoms with Gasteiger partial charge in [-0.25, -0.2) is 4.98 Å². The Morgan fingerprint density at radius 2 is 1.82 bits per heavy atom. The van der Waals surface area contributed by atoms with Crippen LogP contribution in [0.5, 0.6) is 0 Å². The number of thiazole rings is 1. The molecule has 0 fully saturated rings. The van der Waals surface area contributed by atoms with Crippen molar-refractivity contribution in [2.75, 3.05) is 18.4 Å². The van der Waals surface area contributed by atoms with E-state index in [1.807, 2.05) is 55.6 Å². The van der Waals surface area contributed by atoms with Crippen molar-refractivity contribution in [2.24, 2.45) is 5.73 Å². The lowest BCUT2D eigenvalue weighted by atomic mass is 9.84. The second-order valence-electron chi connectivity index (χ2n) is 9.71. The maximum atomic E-state index is 12.6. The van der Waals surface area contributed by atoms with Crippen LogP contribution in [0.4, 0.5) is 5.13 Å². The first kappa shape index (κ1) is 27.7. The second kappa shape index (κ2) is 12.0. The van der Waals surface area contributed by atoms with E-state index in [2.05, 4.69) is 21.7 Å². The zero-order valence-corrected chi connectivity index (χ0v) is 22.5. The summed E-state index contributed by atoms with van der Waals surface area (Å²) >= 11 is 1.28. The third kappa shape index (κ3) is 6.75. The first-order valence-corrected chi connectivity index (χ1v) is 13.2. The van der Waals surface area contributed by atoms with Crippen LogP contribution in [0, 0.1) is 11.3 Å². The Hall–Kier alpha value is -4.36. The van der Waals surface area contributed by atoms with Gasteiger partial charge in [0.1, 0.15) is 0 Å². The average Bonchev–Trinajstić information content (AvgIpc) is 3.44. The topological polar surface area (TPSA) is 141 Å². The van der Waals surface area contributed by atoms with Gasteiger partial charge in [-0.15, -0.1) is 11.3 Å². The number of carbonyl (C=O) groups excluding carboxylic acids is 2. The molecule has 1 aromatic heterocycles. The Labute approximate surface area is 231 Å². The van der Waals surface area contributed by atoms with E-state index in [0.717, 1.165) is 22.3 Å². The largest absolute Gasteiger partial charge is 0.392 e. The summed E-state index contributed by atoms with van der Waals surface area (Å²) in [5, 5.41) is 26.5. The molecule has 4 aromatic rings. The molecule has 5 N–H and O–H groups in total. The van der Waals surface area contributed by atoms with Crippen molar-refractivity contribution in [3.05, 3.63) is 94.4 Å². The molecule has 0 bridgehead atoms. The quantitative estimate of drug-likeness (QED) is 0.248. The molecule has 0 aliphatic heterocycles. The molecule has 1 heterocycles. The standard InChI is InChI=1S/C30H29N5O3S/c1-30(2,18-32)25-8-4-7-23(13-25)28(38)33-15-27(37)35-29-34-26(17-39-29)22-6-3-5-21(12-22)24-10-19(14-31)9-20(11-24)16-36/h3-13,17,36H,15-16,18,32H2,1-2H3,(H,33,38)(H,34,35,37). The third-order valence-corrected chi connectivity index (χ3v) is 7.13. The van der Waals surface area contributed by atoms with Crippen molar-refractivity contribution in [1.29, 1.82) is 5.26 Å². The first-order valence-electron chi connectivity index (χ1n) is 12.3. The molecule has 0 atom stereocenters. The highest BCUT2D eigenvalue weighted by molar-refractivity contribution is 7.14. The van der Waals surface area contributed by atoms with E-state index >= 15 is 0 Å². The Bertz CT molecular complexity index is 1550. The van der Waals surface area contributed by atoms with E-state index in [4.69, 9.17) is 5.73 Å². The summed E-state index contributed by atoms with van der Waals surface area (Å²) in [6, 6.07) is 22.3. The predicted octanol–water partition coefficient (Wildman–Crippen LogP) is 4.45. The highest BCUT2D eigenvalue weighted by Crippen LogP contribution is 2.30. The van der Waals surface area contributed by atoms with Gasteiger partial charge in [0.15, 0.2) is 5.13 Å². The minimum absolute atomic E-state index is 0.156. The third-order valence-electron chi connectivity index (χ3n) is 6.37. The van der Waals surface area contributed by atoms with E-state index in [9.17, 15) is 20.0 Å². The van der Waals surface area contributed by atoms with Gasteiger partial charge in [-0.1, -0.05) is 44.2 Å². The summed E-state index contributed by atoms with van der Waals surface area (Å²) < 4.78 is 0. The van der Waals surface area contributed by atoms with Crippen LogP contribution in [-0.2, 0) is 16.8 Å². The molecule has 198 valence electrons. The fourth-order valence-corrected chi connectivity index (χ4v) is 4.70. The molecule has 4 rings (SSSR count). The zero-order valence-electron chi connectivity index (χ0n) is 21.7. The van der Waals surface area contributed by atoms with Gasteiger partial charge in [0.2, 0.25) is 5.91 Å². The van der Waals surface area contributed by atoms with Gasteiger partial charge in [-0.3, -0.25) is 9.59 Å². The smallest absolute Gasteiger partial charge is 0.251 e. The summed E-state index contributed by atoms with van der Waals surface area (Å²) in [6.07, 6.45) is 0. The van der Waals surface area contributed by atoms with Crippen LogP contribution in [0.15, 0.2) is 72.1 Å². The molecule has 0 saturated carbocycles. The highest BCUT2D eigenvalue weighted by atomic mass is 32.1. The van der Waals surface area contributed by atoms with Gasteiger partial charge in [0, 0.05) is 28.5 Å². The summed E-state index contributed by atoms with van der Waals surface area (Å²) in [4.78, 5) is 29.7. The fraction of sp³-hybridized carbons (Fsp3) is 0.200. The molecule has 8 nitrogen and oxygen atoms in total. The second-order valence-corrected chi connectivity index (χ2v) is 10.6. The number of benzene rings is 3. The summed E-state index contributed by atoms with van der Waals surface area (Å²) in [5.41, 5.74) is 11.3. The van der Waals surface area contributed by atoms with E-state index in [-0.39, 0.29) is 30.4 Å². The molecule has 0 radical (unpaired) electrons.